The highest BCUT2D eigenvalue weighted by atomic mass is 32.1. The molecule has 4 aromatic carbocycles. The zero-order valence-corrected chi connectivity index (χ0v) is 23.7. The highest BCUT2D eigenvalue weighted by Crippen LogP contribution is 2.42. The second kappa shape index (κ2) is 9.84. The minimum atomic E-state index is 0.126. The third-order valence-electron chi connectivity index (χ3n) is 7.09. The molecule has 0 unspecified atom stereocenters. The Bertz CT molecular complexity index is 1490. The monoisotopic (exact) mass is 503 g/mol. The van der Waals surface area contributed by atoms with Gasteiger partial charge in [-0.05, 0) is 69.8 Å². The summed E-state index contributed by atoms with van der Waals surface area (Å²) in [5, 5.41) is 3.58. The molecule has 188 valence electrons. The van der Waals surface area contributed by atoms with Gasteiger partial charge in [0.05, 0.1) is 5.69 Å². The van der Waals surface area contributed by atoms with E-state index < -0.39 is 0 Å². The van der Waals surface area contributed by atoms with E-state index in [1.807, 2.05) is 11.3 Å². The molecule has 5 rings (SSSR count). The van der Waals surface area contributed by atoms with Crippen molar-refractivity contribution in [1.82, 2.24) is 0 Å². The number of anilines is 3. The number of hydrogen-bond donors (Lipinski definition) is 0. The second-order valence-corrected chi connectivity index (χ2v) is 13.0. The van der Waals surface area contributed by atoms with E-state index >= 15 is 0 Å². The Morgan fingerprint density at radius 1 is 0.595 bits per heavy atom. The van der Waals surface area contributed by atoms with Crippen molar-refractivity contribution in [3.8, 4) is 0 Å². The lowest BCUT2D eigenvalue weighted by atomic mass is 9.86. The van der Waals surface area contributed by atoms with E-state index in [1.165, 1.54) is 49.4 Å². The van der Waals surface area contributed by atoms with Gasteiger partial charge in [0, 0.05) is 26.8 Å². The van der Waals surface area contributed by atoms with Crippen molar-refractivity contribution in [3.63, 3.8) is 0 Å². The maximum Gasteiger partial charge on any atom is 0.0647 e. The van der Waals surface area contributed by atoms with Crippen LogP contribution in [0.15, 0.2) is 102 Å². The number of benzene rings is 4. The van der Waals surface area contributed by atoms with E-state index in [2.05, 4.69) is 149 Å². The largest absolute Gasteiger partial charge is 0.309 e. The molecule has 37 heavy (non-hydrogen) atoms. The van der Waals surface area contributed by atoms with Crippen molar-refractivity contribution < 1.29 is 0 Å². The lowest BCUT2D eigenvalue weighted by molar-refractivity contribution is 0.590. The summed E-state index contributed by atoms with van der Waals surface area (Å²) in [4.78, 5) is 2.41. The van der Waals surface area contributed by atoms with Crippen LogP contribution in [0.4, 0.5) is 17.1 Å². The van der Waals surface area contributed by atoms with Crippen LogP contribution < -0.4 is 4.90 Å². The molecule has 1 aromatic heterocycles. The number of hydrogen-bond acceptors (Lipinski definition) is 2. The van der Waals surface area contributed by atoms with Crippen molar-refractivity contribution in [2.45, 2.75) is 58.8 Å². The summed E-state index contributed by atoms with van der Waals surface area (Å²) in [6.45, 7) is 13.6. The van der Waals surface area contributed by atoms with Gasteiger partial charge in [-0.15, -0.1) is 11.3 Å². The standard InChI is InChI=1S/C35H37NS/c1-34(2,3)27-16-14-25(15-17-27)22-26-10-9-11-30(23-26)36(29-20-18-28(19-21-29)35(4,5)6)32-24-37-33-13-8-7-12-31(32)33/h7-21,23-24H,22H2,1-6H3. The van der Waals surface area contributed by atoms with Gasteiger partial charge in [0.2, 0.25) is 0 Å². The number of fused-ring (bicyclic) bond motifs is 1. The van der Waals surface area contributed by atoms with E-state index in [1.54, 1.807) is 0 Å². The van der Waals surface area contributed by atoms with Crippen molar-refractivity contribution in [3.05, 3.63) is 125 Å². The SMILES string of the molecule is CC(C)(C)c1ccc(Cc2cccc(N(c3ccc(C(C)(C)C)cc3)c3csc4ccccc34)c2)cc1. The van der Waals surface area contributed by atoms with Crippen LogP contribution in [0.25, 0.3) is 10.1 Å². The maximum atomic E-state index is 2.41. The zero-order valence-electron chi connectivity index (χ0n) is 22.9. The topological polar surface area (TPSA) is 3.24 Å². The lowest BCUT2D eigenvalue weighted by Gasteiger charge is -2.27. The summed E-state index contributed by atoms with van der Waals surface area (Å²) in [6.07, 6.45) is 0.916. The molecule has 0 atom stereocenters. The minimum absolute atomic E-state index is 0.126. The molecule has 0 radical (unpaired) electrons. The third-order valence-corrected chi connectivity index (χ3v) is 8.04. The molecule has 0 aliphatic heterocycles. The number of thiophene rings is 1. The average molecular weight is 504 g/mol. The third kappa shape index (κ3) is 5.50. The molecular weight excluding hydrogens is 466 g/mol. The van der Waals surface area contributed by atoms with Crippen LogP contribution in [-0.2, 0) is 17.3 Å². The Morgan fingerprint density at radius 3 is 1.86 bits per heavy atom. The first-order valence-electron chi connectivity index (χ1n) is 13.1. The molecule has 0 saturated heterocycles. The molecule has 1 nitrogen and oxygen atoms in total. The van der Waals surface area contributed by atoms with Gasteiger partial charge in [-0.25, -0.2) is 0 Å². The molecule has 0 bridgehead atoms. The Kier molecular flexibility index (Phi) is 6.72. The molecule has 0 spiro atoms. The fourth-order valence-electron chi connectivity index (χ4n) is 4.84. The average Bonchev–Trinajstić information content (AvgIpc) is 3.28. The van der Waals surface area contributed by atoms with Gasteiger partial charge in [-0.3, -0.25) is 0 Å². The summed E-state index contributed by atoms with van der Waals surface area (Å²) < 4.78 is 1.31. The first-order chi connectivity index (χ1) is 17.6. The number of rotatable bonds is 5. The van der Waals surface area contributed by atoms with Crippen LogP contribution >= 0.6 is 11.3 Å². The summed E-state index contributed by atoms with van der Waals surface area (Å²) in [5.74, 6) is 0. The fraction of sp³-hybridized carbons (Fsp3) is 0.257. The number of nitrogens with zero attached hydrogens (tertiary/aromatic N) is 1. The van der Waals surface area contributed by atoms with E-state index in [-0.39, 0.29) is 10.8 Å². The first kappa shape index (κ1) is 25.3. The fourth-order valence-corrected chi connectivity index (χ4v) is 5.77. The normalized spacial score (nSPS) is 12.2. The molecule has 1 heterocycles. The zero-order chi connectivity index (χ0) is 26.2. The quantitative estimate of drug-likeness (QED) is 0.230. The van der Waals surface area contributed by atoms with E-state index in [0.29, 0.717) is 0 Å². The second-order valence-electron chi connectivity index (χ2n) is 12.0. The van der Waals surface area contributed by atoms with Gasteiger partial charge in [-0.2, -0.15) is 0 Å². The van der Waals surface area contributed by atoms with Crippen molar-refractivity contribution in [2.75, 3.05) is 4.90 Å². The van der Waals surface area contributed by atoms with Crippen LogP contribution in [-0.4, -0.2) is 0 Å². The van der Waals surface area contributed by atoms with Gasteiger partial charge in [0.1, 0.15) is 0 Å². The minimum Gasteiger partial charge on any atom is -0.309 e. The molecule has 0 saturated carbocycles. The molecule has 0 aliphatic carbocycles. The van der Waals surface area contributed by atoms with Gasteiger partial charge in [0.15, 0.2) is 0 Å². The smallest absolute Gasteiger partial charge is 0.0647 e. The lowest BCUT2D eigenvalue weighted by Crippen LogP contribution is -2.13. The van der Waals surface area contributed by atoms with Crippen LogP contribution in [0.1, 0.15) is 63.8 Å². The van der Waals surface area contributed by atoms with Crippen molar-refractivity contribution in [1.29, 1.82) is 0 Å². The molecular formula is C35H37NS. The van der Waals surface area contributed by atoms with E-state index in [0.717, 1.165) is 6.42 Å². The molecule has 0 aliphatic rings. The predicted octanol–water partition coefficient (Wildman–Crippen LogP) is 10.6. The van der Waals surface area contributed by atoms with Gasteiger partial charge in [0.25, 0.3) is 0 Å². The summed E-state index contributed by atoms with van der Waals surface area (Å²) in [5.41, 5.74) is 9.28. The summed E-state index contributed by atoms with van der Waals surface area (Å²) in [6, 6.07) is 35.9. The summed E-state index contributed by atoms with van der Waals surface area (Å²) in [7, 11) is 0. The van der Waals surface area contributed by atoms with E-state index in [9.17, 15) is 0 Å². The highest BCUT2D eigenvalue weighted by molar-refractivity contribution is 7.17. The van der Waals surface area contributed by atoms with Crippen molar-refractivity contribution in [2.24, 2.45) is 0 Å². The van der Waals surface area contributed by atoms with Gasteiger partial charge >= 0.3 is 0 Å². The maximum absolute atomic E-state index is 2.41. The Morgan fingerprint density at radius 2 is 1.22 bits per heavy atom. The van der Waals surface area contributed by atoms with Gasteiger partial charge < -0.3 is 4.90 Å². The predicted molar refractivity (Wildman–Crippen MR) is 163 cm³/mol. The highest BCUT2D eigenvalue weighted by Gasteiger charge is 2.19. The summed E-state index contributed by atoms with van der Waals surface area (Å²) >= 11 is 1.81. The van der Waals surface area contributed by atoms with Crippen LogP contribution in [0.2, 0.25) is 0 Å². The van der Waals surface area contributed by atoms with Crippen molar-refractivity contribution >= 4 is 38.5 Å². The Hall–Kier alpha value is -3.36. The first-order valence-corrected chi connectivity index (χ1v) is 14.0. The Labute approximate surface area is 226 Å². The molecule has 2 heteroatoms. The molecule has 5 aromatic rings. The Balaban J connectivity index is 1.54. The molecule has 0 amide bonds. The van der Waals surface area contributed by atoms with E-state index in [4.69, 9.17) is 0 Å². The molecule has 0 fully saturated rings. The van der Waals surface area contributed by atoms with Crippen LogP contribution in [0, 0.1) is 0 Å². The molecule has 0 N–H and O–H groups in total. The van der Waals surface area contributed by atoms with Crippen LogP contribution in [0.5, 0.6) is 0 Å². The van der Waals surface area contributed by atoms with Gasteiger partial charge in [-0.1, -0.05) is 108 Å². The van der Waals surface area contributed by atoms with Crippen LogP contribution in [0.3, 0.4) is 0 Å².